The molecule has 2 aromatic rings. The zero-order valence-electron chi connectivity index (χ0n) is 15.7. The molecule has 0 aliphatic heterocycles. The lowest BCUT2D eigenvalue weighted by Gasteiger charge is -2.18. The normalized spacial score (nSPS) is 13.0. The van der Waals surface area contributed by atoms with Gasteiger partial charge in [0.15, 0.2) is 5.96 Å². The van der Waals surface area contributed by atoms with Gasteiger partial charge in [-0.2, -0.15) is 5.10 Å². The molecule has 0 aliphatic carbocycles. The molecule has 1 unspecified atom stereocenters. The van der Waals surface area contributed by atoms with Crippen molar-refractivity contribution >= 4 is 17.6 Å². The van der Waals surface area contributed by atoms with Crippen LogP contribution in [0.25, 0.3) is 0 Å². The lowest BCUT2D eigenvalue weighted by Crippen LogP contribution is -2.43. The van der Waals surface area contributed by atoms with Gasteiger partial charge in [-0.3, -0.25) is 9.67 Å². The van der Waals surface area contributed by atoms with E-state index in [1.54, 1.807) is 7.05 Å². The molecule has 0 amide bonds. The number of aryl methyl sites for hydroxylation is 2. The van der Waals surface area contributed by atoms with E-state index in [9.17, 15) is 0 Å². The van der Waals surface area contributed by atoms with E-state index in [1.807, 2.05) is 23.9 Å². The summed E-state index contributed by atoms with van der Waals surface area (Å²) in [5.74, 6) is 0.820. The maximum Gasteiger partial charge on any atom is 0.191 e. The summed E-state index contributed by atoms with van der Waals surface area (Å²) in [6.45, 7) is 7.16. The smallest absolute Gasteiger partial charge is 0.191 e. The first-order chi connectivity index (χ1) is 11.9. The number of nitrogens with zero attached hydrogens (tertiary/aromatic N) is 3. The number of guanidine groups is 1. The van der Waals surface area contributed by atoms with Gasteiger partial charge in [-0.25, -0.2) is 0 Å². The van der Waals surface area contributed by atoms with Crippen molar-refractivity contribution in [1.82, 2.24) is 20.4 Å². The molecule has 2 N–H and O–H groups in total. The molecule has 0 aliphatic rings. The Labute approximate surface area is 155 Å². The minimum absolute atomic E-state index is 0.267. The molecule has 1 heterocycles. The molecule has 0 saturated heterocycles. The van der Waals surface area contributed by atoms with E-state index < -0.39 is 0 Å². The summed E-state index contributed by atoms with van der Waals surface area (Å²) in [5, 5.41) is 12.1. The number of aliphatic imine (C=N–C) groups is 1. The van der Waals surface area contributed by atoms with Gasteiger partial charge in [0.25, 0.3) is 0 Å². The lowest BCUT2D eigenvalue weighted by molar-refractivity contribution is 0.635. The third-order valence-corrected chi connectivity index (χ3v) is 4.65. The fourth-order valence-corrected chi connectivity index (χ4v) is 3.00. The quantitative estimate of drug-likeness (QED) is 0.614. The van der Waals surface area contributed by atoms with Crippen molar-refractivity contribution in [1.29, 1.82) is 0 Å². The van der Waals surface area contributed by atoms with Crippen molar-refractivity contribution in [2.45, 2.75) is 39.7 Å². The molecule has 0 fully saturated rings. The zero-order valence-corrected chi connectivity index (χ0v) is 16.5. The van der Waals surface area contributed by atoms with Gasteiger partial charge in [0.2, 0.25) is 0 Å². The second-order valence-corrected chi connectivity index (χ2v) is 6.83. The molecule has 0 spiro atoms. The van der Waals surface area contributed by atoms with Crippen molar-refractivity contribution in [3.05, 3.63) is 51.8 Å². The van der Waals surface area contributed by atoms with Gasteiger partial charge in [0.1, 0.15) is 0 Å². The summed E-state index contributed by atoms with van der Waals surface area (Å²) in [5.41, 5.74) is 4.87. The number of hydrogen-bond acceptors (Lipinski definition) is 2. The van der Waals surface area contributed by atoms with Gasteiger partial charge in [0.05, 0.1) is 5.69 Å². The average molecular weight is 362 g/mol. The van der Waals surface area contributed by atoms with Crippen molar-refractivity contribution in [2.75, 3.05) is 13.6 Å². The van der Waals surface area contributed by atoms with Gasteiger partial charge < -0.3 is 10.6 Å². The third-order valence-electron chi connectivity index (χ3n) is 4.40. The number of nitrogens with one attached hydrogen (secondary N) is 2. The van der Waals surface area contributed by atoms with Crippen LogP contribution in [0.15, 0.2) is 29.3 Å². The van der Waals surface area contributed by atoms with E-state index in [4.69, 9.17) is 11.6 Å². The second kappa shape index (κ2) is 8.90. The Kier molecular flexibility index (Phi) is 6.88. The van der Waals surface area contributed by atoms with Crippen LogP contribution in [0.2, 0.25) is 5.02 Å². The Morgan fingerprint density at radius 3 is 2.52 bits per heavy atom. The molecule has 1 aromatic carbocycles. The first kappa shape index (κ1) is 19.3. The van der Waals surface area contributed by atoms with E-state index in [0.717, 1.165) is 36.1 Å². The Balaban J connectivity index is 1.83. The van der Waals surface area contributed by atoms with Crippen LogP contribution < -0.4 is 10.6 Å². The maximum absolute atomic E-state index is 5.92. The fourth-order valence-electron chi connectivity index (χ4n) is 2.87. The summed E-state index contributed by atoms with van der Waals surface area (Å²) in [6, 6.07) is 8.21. The van der Waals surface area contributed by atoms with Gasteiger partial charge in [-0.15, -0.1) is 0 Å². The summed E-state index contributed by atoms with van der Waals surface area (Å²) >= 11 is 5.92. The Morgan fingerprint density at radius 1 is 1.28 bits per heavy atom. The van der Waals surface area contributed by atoms with E-state index in [-0.39, 0.29) is 6.04 Å². The minimum Gasteiger partial charge on any atom is -0.356 e. The molecule has 1 aromatic heterocycles. The highest BCUT2D eigenvalue weighted by atomic mass is 35.5. The molecule has 6 heteroatoms. The first-order valence-corrected chi connectivity index (χ1v) is 8.99. The first-order valence-electron chi connectivity index (χ1n) is 8.61. The number of halogens is 1. The summed E-state index contributed by atoms with van der Waals surface area (Å²) in [6.07, 6.45) is 1.84. The van der Waals surface area contributed by atoms with E-state index in [2.05, 4.69) is 53.6 Å². The number of aromatic nitrogens is 2. The van der Waals surface area contributed by atoms with Crippen LogP contribution in [-0.4, -0.2) is 35.4 Å². The maximum atomic E-state index is 5.92. The van der Waals surface area contributed by atoms with Crippen molar-refractivity contribution < 1.29 is 0 Å². The number of benzene rings is 1. The van der Waals surface area contributed by atoms with Gasteiger partial charge in [-0.05, 0) is 56.9 Å². The molecule has 136 valence electrons. The highest BCUT2D eigenvalue weighted by molar-refractivity contribution is 6.30. The van der Waals surface area contributed by atoms with Gasteiger partial charge in [0, 0.05) is 37.4 Å². The van der Waals surface area contributed by atoms with Crippen molar-refractivity contribution in [3.63, 3.8) is 0 Å². The number of hydrogen-bond donors (Lipinski definition) is 2. The van der Waals surface area contributed by atoms with E-state index in [0.29, 0.717) is 0 Å². The van der Waals surface area contributed by atoms with E-state index >= 15 is 0 Å². The van der Waals surface area contributed by atoms with Crippen LogP contribution >= 0.6 is 11.6 Å². The molecular formula is C19H28ClN5. The molecule has 1 atom stereocenters. The predicted molar refractivity (Wildman–Crippen MR) is 106 cm³/mol. The van der Waals surface area contributed by atoms with Gasteiger partial charge >= 0.3 is 0 Å². The molecule has 0 bridgehead atoms. The van der Waals surface area contributed by atoms with Crippen LogP contribution in [0.1, 0.15) is 29.4 Å². The van der Waals surface area contributed by atoms with Crippen LogP contribution in [0.3, 0.4) is 0 Å². The molecule has 25 heavy (non-hydrogen) atoms. The second-order valence-electron chi connectivity index (χ2n) is 6.40. The topological polar surface area (TPSA) is 54.2 Å². The van der Waals surface area contributed by atoms with Crippen molar-refractivity contribution in [2.24, 2.45) is 12.0 Å². The number of rotatable bonds is 6. The van der Waals surface area contributed by atoms with Crippen LogP contribution in [0.5, 0.6) is 0 Å². The molecular weight excluding hydrogens is 334 g/mol. The molecule has 5 nitrogen and oxygen atoms in total. The average Bonchev–Trinajstić information content (AvgIpc) is 2.82. The summed E-state index contributed by atoms with van der Waals surface area (Å²) in [4.78, 5) is 4.32. The zero-order chi connectivity index (χ0) is 18.4. The highest BCUT2D eigenvalue weighted by Crippen LogP contribution is 2.14. The summed E-state index contributed by atoms with van der Waals surface area (Å²) in [7, 11) is 3.78. The van der Waals surface area contributed by atoms with Crippen LogP contribution in [-0.2, 0) is 19.9 Å². The molecule has 0 saturated carbocycles. The largest absolute Gasteiger partial charge is 0.356 e. The van der Waals surface area contributed by atoms with Crippen LogP contribution in [0, 0.1) is 13.8 Å². The Morgan fingerprint density at radius 2 is 1.96 bits per heavy atom. The Bertz CT molecular complexity index is 718. The Hall–Kier alpha value is -2.01. The summed E-state index contributed by atoms with van der Waals surface area (Å²) < 4.78 is 1.94. The minimum atomic E-state index is 0.267. The van der Waals surface area contributed by atoms with Gasteiger partial charge in [-0.1, -0.05) is 23.7 Å². The molecule has 2 rings (SSSR count). The fraction of sp³-hybridized carbons (Fsp3) is 0.474. The van der Waals surface area contributed by atoms with Crippen LogP contribution in [0.4, 0.5) is 0 Å². The lowest BCUT2D eigenvalue weighted by atomic mass is 10.1. The monoisotopic (exact) mass is 361 g/mol. The standard InChI is InChI=1S/C19H28ClN5/c1-13(12-18-14(2)24-25(5)15(18)3)23-19(21-4)22-11-10-16-6-8-17(20)9-7-16/h6-9,13H,10-12H2,1-5H3,(H2,21,22,23). The van der Waals surface area contributed by atoms with E-state index in [1.165, 1.54) is 16.8 Å². The highest BCUT2D eigenvalue weighted by Gasteiger charge is 2.13. The van der Waals surface area contributed by atoms with Crippen molar-refractivity contribution in [3.8, 4) is 0 Å². The molecule has 0 radical (unpaired) electrons. The third kappa shape index (κ3) is 5.49. The predicted octanol–water partition coefficient (Wildman–Crippen LogP) is 3.03. The SMILES string of the molecule is CN=C(NCCc1ccc(Cl)cc1)NC(C)Cc1c(C)nn(C)c1C.